The van der Waals surface area contributed by atoms with Crippen LogP contribution in [0.15, 0.2) is 140 Å². The summed E-state index contributed by atoms with van der Waals surface area (Å²) in [6, 6.07) is 45.7. The van der Waals surface area contributed by atoms with Crippen LogP contribution < -0.4 is 4.74 Å². The highest BCUT2D eigenvalue weighted by Crippen LogP contribution is 2.05. The predicted molar refractivity (Wildman–Crippen MR) is 231 cm³/mol. The highest BCUT2D eigenvalue weighted by atomic mass is 16.5. The molecule has 6 radical (unpaired) electrons. The van der Waals surface area contributed by atoms with Crippen molar-refractivity contribution >= 4 is 16.8 Å². The molecule has 0 saturated heterocycles. The second-order valence-corrected chi connectivity index (χ2v) is 6.21. The van der Waals surface area contributed by atoms with E-state index >= 15 is 0 Å². The summed E-state index contributed by atoms with van der Waals surface area (Å²) in [6.07, 6.45) is 0. The highest BCUT2D eigenvalue weighted by molar-refractivity contribution is 5.76. The van der Waals surface area contributed by atoms with E-state index in [0.29, 0.717) is 0 Å². The molecule has 0 unspecified atom stereocenters. The Balaban J connectivity index is -0.0000000368. The lowest BCUT2D eigenvalue weighted by Crippen LogP contribution is -1.78. The molecule has 0 aliphatic carbocycles. The Kier molecular flexibility index (Phi) is 185. The van der Waals surface area contributed by atoms with Gasteiger partial charge >= 0.3 is 0 Å². The summed E-state index contributed by atoms with van der Waals surface area (Å²) in [6.45, 7) is 24.0. The molecule has 4 aromatic carbocycles. The second kappa shape index (κ2) is 120. The molecular weight excluding hydrogens is 602 g/mol. The molecule has 0 aliphatic heterocycles. The van der Waals surface area contributed by atoms with Gasteiger partial charge in [0.1, 0.15) is 5.75 Å². The number of methoxy groups -OCH3 is 4. The first-order chi connectivity index (χ1) is 23.2. The smallest absolute Gasteiger partial charge is 0.118 e. The summed E-state index contributed by atoms with van der Waals surface area (Å²) in [5.74, 6) is 0.910. The zero-order chi connectivity index (χ0) is 38.7. The number of para-hydroxylation sites is 1. The molecule has 0 spiro atoms. The SMILES string of the molecule is CC.CC.CC.CC.CC.CC.COC.COC.COC.COc1ccccc1.[B].[B].c1ccccc1.c1ccccc1.c1ccccc1. The lowest BCUT2D eigenvalue weighted by molar-refractivity contribution is 0.277. The number of hydrogen-bond donors (Lipinski definition) is 0. The van der Waals surface area contributed by atoms with Crippen LogP contribution in [-0.2, 0) is 14.2 Å². The van der Waals surface area contributed by atoms with Crippen molar-refractivity contribution in [3.05, 3.63) is 140 Å². The summed E-state index contributed by atoms with van der Waals surface area (Å²) in [7, 11) is 11.4. The second-order valence-electron chi connectivity index (χ2n) is 6.21. The van der Waals surface area contributed by atoms with Crippen molar-refractivity contribution < 1.29 is 18.9 Å². The molecule has 0 atom stereocenters. The highest BCUT2D eigenvalue weighted by Gasteiger charge is 1.80. The third-order valence-corrected chi connectivity index (χ3v) is 2.98. The Morgan fingerprint density at radius 1 is 0.245 bits per heavy atom. The van der Waals surface area contributed by atoms with E-state index < -0.39 is 0 Å². The summed E-state index contributed by atoms with van der Waals surface area (Å²) in [5, 5.41) is 0. The Morgan fingerprint density at radius 3 is 0.429 bits per heavy atom. The minimum Gasteiger partial charge on any atom is -0.497 e. The van der Waals surface area contributed by atoms with Crippen molar-refractivity contribution in [1.82, 2.24) is 0 Å². The maximum absolute atomic E-state index is 4.91. The van der Waals surface area contributed by atoms with Gasteiger partial charge in [0.2, 0.25) is 0 Å². The molecule has 282 valence electrons. The van der Waals surface area contributed by atoms with E-state index in [1.165, 1.54) is 0 Å². The van der Waals surface area contributed by atoms with Crippen LogP contribution in [-0.4, -0.2) is 66.6 Å². The van der Waals surface area contributed by atoms with Crippen LogP contribution in [0.3, 0.4) is 0 Å². The lowest BCUT2D eigenvalue weighted by Gasteiger charge is -1.93. The fourth-order valence-electron chi connectivity index (χ4n) is 1.71. The van der Waals surface area contributed by atoms with Crippen molar-refractivity contribution in [3.63, 3.8) is 0 Å². The topological polar surface area (TPSA) is 36.9 Å². The minimum absolute atomic E-state index is 0. The average molecular weight is 683 g/mol. The average Bonchev–Trinajstić information content (AvgIpc) is 3.20. The van der Waals surface area contributed by atoms with E-state index in [2.05, 4.69) is 14.2 Å². The van der Waals surface area contributed by atoms with Crippen molar-refractivity contribution in [1.29, 1.82) is 0 Å². The van der Waals surface area contributed by atoms with E-state index in [-0.39, 0.29) is 16.8 Å². The number of ether oxygens (including phenoxy) is 4. The molecule has 0 heterocycles. The first-order valence-corrected chi connectivity index (χ1v) is 17.0. The predicted octanol–water partition coefficient (Wildman–Crippen LogP) is 12.9. The Bertz CT molecular complexity index is 622. The number of rotatable bonds is 1. The van der Waals surface area contributed by atoms with E-state index in [1.807, 2.05) is 223 Å². The fourth-order valence-corrected chi connectivity index (χ4v) is 1.71. The van der Waals surface area contributed by atoms with E-state index in [0.717, 1.165) is 5.75 Å². The normalized spacial score (nSPS) is 6.18. The zero-order valence-corrected chi connectivity index (χ0v) is 35.6. The number of hydrogen-bond acceptors (Lipinski definition) is 4. The van der Waals surface area contributed by atoms with Gasteiger partial charge in [-0.2, -0.15) is 0 Å². The standard InChI is InChI=1S/C7H8O.3C6H6.3C2H6O.6C2H6.2B/c1-8-7-5-3-2-4-6-7;3*1-2-4-6-5-3-1;3*1-3-2;6*1-2;;/h2-6H,1H3;3*1-6H;3*1-2H3;6*1-2H3;;. The minimum atomic E-state index is 0. The van der Waals surface area contributed by atoms with Gasteiger partial charge in [-0.3, -0.25) is 0 Å². The van der Waals surface area contributed by atoms with Crippen LogP contribution in [0.2, 0.25) is 0 Å². The first-order valence-electron chi connectivity index (χ1n) is 17.0. The summed E-state index contributed by atoms with van der Waals surface area (Å²) in [5.41, 5.74) is 0. The molecule has 4 nitrogen and oxygen atoms in total. The van der Waals surface area contributed by atoms with Gasteiger partial charge in [-0.25, -0.2) is 0 Å². The van der Waals surface area contributed by atoms with Crippen molar-refractivity contribution in [2.24, 2.45) is 0 Å². The molecule has 0 N–H and O–H groups in total. The molecule has 0 saturated carbocycles. The molecule has 0 amide bonds. The van der Waals surface area contributed by atoms with Gasteiger partial charge in [-0.1, -0.05) is 210 Å². The van der Waals surface area contributed by atoms with E-state index in [4.69, 9.17) is 4.74 Å². The van der Waals surface area contributed by atoms with Gasteiger partial charge < -0.3 is 18.9 Å². The summed E-state index contributed by atoms with van der Waals surface area (Å²) < 4.78 is 17.7. The molecule has 49 heavy (non-hydrogen) atoms. The molecular formula is C43H80B2O4. The Hall–Kier alpha value is -3.31. The summed E-state index contributed by atoms with van der Waals surface area (Å²) >= 11 is 0. The molecule has 6 heteroatoms. The van der Waals surface area contributed by atoms with Crippen LogP contribution >= 0.6 is 0 Å². The van der Waals surface area contributed by atoms with E-state index in [9.17, 15) is 0 Å². The third-order valence-electron chi connectivity index (χ3n) is 2.98. The van der Waals surface area contributed by atoms with Gasteiger partial charge in [-0.15, -0.1) is 0 Å². The quantitative estimate of drug-likeness (QED) is 0.187. The van der Waals surface area contributed by atoms with Crippen LogP contribution in [0, 0.1) is 0 Å². The lowest BCUT2D eigenvalue weighted by atomic mass is 10.3. The molecule has 4 rings (SSSR count). The van der Waals surface area contributed by atoms with Gasteiger partial charge in [0.15, 0.2) is 0 Å². The van der Waals surface area contributed by atoms with Gasteiger partial charge in [0, 0.05) is 59.5 Å². The first kappa shape index (κ1) is 75.8. The Morgan fingerprint density at radius 2 is 0.347 bits per heavy atom. The fraction of sp³-hybridized carbons (Fsp3) is 0.442. The molecule has 0 fully saturated rings. The largest absolute Gasteiger partial charge is 0.497 e. The summed E-state index contributed by atoms with van der Waals surface area (Å²) in [4.78, 5) is 0. The molecule has 4 aromatic rings. The molecule has 0 aliphatic rings. The van der Waals surface area contributed by atoms with Gasteiger partial charge in [-0.05, 0) is 12.1 Å². The number of benzene rings is 4. The molecule has 0 aromatic heterocycles. The van der Waals surface area contributed by atoms with Crippen molar-refractivity contribution in [2.45, 2.75) is 83.1 Å². The monoisotopic (exact) mass is 683 g/mol. The van der Waals surface area contributed by atoms with Crippen LogP contribution in [0.4, 0.5) is 0 Å². The van der Waals surface area contributed by atoms with Crippen LogP contribution in [0.5, 0.6) is 5.75 Å². The van der Waals surface area contributed by atoms with E-state index in [1.54, 1.807) is 49.8 Å². The Labute approximate surface area is 313 Å². The van der Waals surface area contributed by atoms with Gasteiger partial charge in [0.05, 0.1) is 7.11 Å². The zero-order valence-electron chi connectivity index (χ0n) is 35.6. The van der Waals surface area contributed by atoms with Crippen LogP contribution in [0.1, 0.15) is 83.1 Å². The van der Waals surface area contributed by atoms with Crippen molar-refractivity contribution in [3.8, 4) is 5.75 Å². The van der Waals surface area contributed by atoms with Gasteiger partial charge in [0.25, 0.3) is 0 Å². The van der Waals surface area contributed by atoms with Crippen LogP contribution in [0.25, 0.3) is 0 Å². The maximum Gasteiger partial charge on any atom is 0.118 e. The maximum atomic E-state index is 4.91. The van der Waals surface area contributed by atoms with Crippen molar-refractivity contribution in [2.75, 3.05) is 49.8 Å². The third kappa shape index (κ3) is 134. The molecule has 0 bridgehead atoms.